The highest BCUT2D eigenvalue weighted by molar-refractivity contribution is 5.91. The molecule has 4 atom stereocenters. The Labute approximate surface area is 196 Å². The molecular formula is C23H27N7O4. The molecule has 3 heterocycles. The second-order valence-corrected chi connectivity index (χ2v) is 8.16. The number of aliphatic hydroxyl groups is 2. The quantitative estimate of drug-likeness (QED) is 0.399. The fourth-order valence-corrected chi connectivity index (χ4v) is 3.93. The van der Waals surface area contributed by atoms with Crippen LogP contribution in [-0.2, 0) is 16.1 Å². The lowest BCUT2D eigenvalue weighted by Gasteiger charge is -2.26. The van der Waals surface area contributed by atoms with Crippen LogP contribution < -0.4 is 10.6 Å². The van der Waals surface area contributed by atoms with Crippen LogP contribution in [0.5, 0.6) is 0 Å². The van der Waals surface area contributed by atoms with Gasteiger partial charge in [-0.3, -0.25) is 9.59 Å². The molecule has 1 aliphatic rings. The van der Waals surface area contributed by atoms with Crippen molar-refractivity contribution in [1.29, 1.82) is 0 Å². The van der Waals surface area contributed by atoms with Crippen molar-refractivity contribution in [2.75, 3.05) is 12.4 Å². The number of benzene rings is 1. The second kappa shape index (κ2) is 9.57. The Morgan fingerprint density at radius 2 is 1.91 bits per heavy atom. The summed E-state index contributed by atoms with van der Waals surface area (Å²) in [6.45, 7) is 3.70. The van der Waals surface area contributed by atoms with Gasteiger partial charge in [-0.2, -0.15) is 5.10 Å². The van der Waals surface area contributed by atoms with Gasteiger partial charge in [-0.15, -0.1) is 0 Å². The number of rotatable bonds is 7. The number of carbonyl (C=O) groups excluding carboxylic acids is 2. The van der Waals surface area contributed by atoms with E-state index in [0.717, 1.165) is 16.8 Å². The van der Waals surface area contributed by atoms with Crippen LogP contribution in [0.25, 0.3) is 5.69 Å². The third kappa shape index (κ3) is 4.47. The number of anilines is 1. The maximum atomic E-state index is 12.9. The predicted molar refractivity (Wildman–Crippen MR) is 123 cm³/mol. The van der Waals surface area contributed by atoms with Crippen LogP contribution in [0, 0.1) is 0 Å². The first kappa shape index (κ1) is 23.3. The zero-order valence-electron chi connectivity index (χ0n) is 19.1. The fraction of sp³-hybridized carbons (Fsp3) is 0.348. The van der Waals surface area contributed by atoms with Crippen molar-refractivity contribution in [2.24, 2.45) is 0 Å². The highest BCUT2D eigenvalue weighted by Crippen LogP contribution is 2.32. The van der Waals surface area contributed by atoms with Gasteiger partial charge in [0.1, 0.15) is 0 Å². The number of nitrogens with one attached hydrogen (secondary N) is 2. The van der Waals surface area contributed by atoms with Gasteiger partial charge < -0.3 is 25.7 Å². The van der Waals surface area contributed by atoms with Crippen molar-refractivity contribution in [2.45, 2.75) is 44.7 Å². The van der Waals surface area contributed by atoms with E-state index in [9.17, 15) is 19.8 Å². The first-order valence-corrected chi connectivity index (χ1v) is 10.9. The van der Waals surface area contributed by atoms with Crippen LogP contribution in [0.3, 0.4) is 0 Å². The minimum Gasteiger partial charge on any atom is -0.380 e. The lowest BCUT2D eigenvalue weighted by molar-refractivity contribution is -0.155. The van der Waals surface area contributed by atoms with E-state index in [1.165, 1.54) is 4.90 Å². The summed E-state index contributed by atoms with van der Waals surface area (Å²) in [6, 6.07) is 8.30. The third-order valence-corrected chi connectivity index (χ3v) is 5.95. The lowest BCUT2D eigenvalue weighted by atomic mass is 10.1. The number of aromatic nitrogens is 4. The first-order chi connectivity index (χ1) is 16.3. The molecule has 4 rings (SSSR count). The van der Waals surface area contributed by atoms with Crippen molar-refractivity contribution >= 4 is 17.8 Å². The number of hydrogen-bond donors (Lipinski definition) is 4. The fourth-order valence-electron chi connectivity index (χ4n) is 3.93. The van der Waals surface area contributed by atoms with Gasteiger partial charge in [0.15, 0.2) is 12.2 Å². The molecule has 0 unspecified atom stereocenters. The van der Waals surface area contributed by atoms with Crippen LogP contribution in [-0.4, -0.2) is 65.9 Å². The number of fused-ring (bicyclic) bond motifs is 1. The standard InChI is InChI=1S/C23H27N7O4/c1-13(15-5-7-17(8-6-15)30-10-4-9-26-30)27-21(33)19(31)20(32)22(34)29-12-16-11-25-23(24-3)28-18(16)14(29)2/h4-11,13-14,19-20,31-32H,12H2,1-3H3,(H,27,33)(H,24,25,28)/t13-,14-,19-,20-/m1/s1. The Kier molecular flexibility index (Phi) is 6.57. The van der Waals surface area contributed by atoms with Crippen LogP contribution in [0.15, 0.2) is 48.9 Å². The molecule has 11 heteroatoms. The Morgan fingerprint density at radius 1 is 1.18 bits per heavy atom. The highest BCUT2D eigenvalue weighted by atomic mass is 16.3. The van der Waals surface area contributed by atoms with Gasteiger partial charge in [-0.25, -0.2) is 14.6 Å². The largest absolute Gasteiger partial charge is 0.380 e. The molecule has 1 aromatic carbocycles. The summed E-state index contributed by atoms with van der Waals surface area (Å²) in [6.07, 6.45) is 1.28. The minimum atomic E-state index is -1.92. The molecule has 2 amide bonds. The molecule has 11 nitrogen and oxygen atoms in total. The zero-order valence-corrected chi connectivity index (χ0v) is 19.1. The molecule has 0 radical (unpaired) electrons. The average Bonchev–Trinajstić information content (AvgIpc) is 3.51. The van der Waals surface area contributed by atoms with Gasteiger partial charge in [0.05, 0.1) is 23.5 Å². The van der Waals surface area contributed by atoms with Gasteiger partial charge in [-0.05, 0) is 37.6 Å². The molecule has 0 saturated carbocycles. The summed E-state index contributed by atoms with van der Waals surface area (Å²) in [7, 11) is 1.69. The molecule has 2 aromatic heterocycles. The van der Waals surface area contributed by atoms with Crippen molar-refractivity contribution in [1.82, 2.24) is 30.0 Å². The lowest BCUT2D eigenvalue weighted by Crippen LogP contribution is -2.50. The molecule has 1 aliphatic heterocycles. The SMILES string of the molecule is CNc1ncc2c(n1)[C@@H](C)N(C(=O)[C@H](O)[C@@H](O)C(=O)N[C@H](C)c1ccc(-n3cccn3)cc1)C2. The van der Waals surface area contributed by atoms with Crippen molar-refractivity contribution < 1.29 is 19.8 Å². The number of nitrogens with zero attached hydrogens (tertiary/aromatic N) is 5. The van der Waals surface area contributed by atoms with Crippen LogP contribution >= 0.6 is 0 Å². The summed E-state index contributed by atoms with van der Waals surface area (Å²) in [5.74, 6) is -1.17. The van der Waals surface area contributed by atoms with E-state index in [0.29, 0.717) is 11.6 Å². The van der Waals surface area contributed by atoms with Gasteiger partial charge in [0, 0.05) is 37.7 Å². The maximum Gasteiger partial charge on any atom is 0.255 e. The monoisotopic (exact) mass is 465 g/mol. The highest BCUT2D eigenvalue weighted by Gasteiger charge is 2.39. The Bertz CT molecular complexity index is 1170. The Balaban J connectivity index is 1.38. The molecule has 4 N–H and O–H groups in total. The van der Waals surface area contributed by atoms with E-state index in [1.807, 2.05) is 36.5 Å². The predicted octanol–water partition coefficient (Wildman–Crippen LogP) is 0.706. The normalized spacial score (nSPS) is 17.6. The molecule has 0 aliphatic carbocycles. The third-order valence-electron chi connectivity index (χ3n) is 5.95. The van der Waals surface area contributed by atoms with Crippen LogP contribution in [0.1, 0.15) is 42.8 Å². The first-order valence-electron chi connectivity index (χ1n) is 10.9. The van der Waals surface area contributed by atoms with Gasteiger partial charge >= 0.3 is 0 Å². The molecule has 0 saturated heterocycles. The van der Waals surface area contributed by atoms with E-state index < -0.39 is 36.1 Å². The number of aliphatic hydroxyl groups excluding tert-OH is 2. The summed E-state index contributed by atoms with van der Waals surface area (Å²) < 4.78 is 1.71. The van der Waals surface area contributed by atoms with Crippen molar-refractivity contribution in [3.05, 3.63) is 65.7 Å². The second-order valence-electron chi connectivity index (χ2n) is 8.16. The van der Waals surface area contributed by atoms with Crippen molar-refractivity contribution in [3.63, 3.8) is 0 Å². The molecular weight excluding hydrogens is 438 g/mol. The molecule has 3 aromatic rings. The van der Waals surface area contributed by atoms with E-state index >= 15 is 0 Å². The molecule has 178 valence electrons. The van der Waals surface area contributed by atoms with E-state index in [4.69, 9.17) is 0 Å². The van der Waals surface area contributed by atoms with Gasteiger partial charge in [0.2, 0.25) is 5.95 Å². The molecule has 0 spiro atoms. The van der Waals surface area contributed by atoms with E-state index in [2.05, 4.69) is 25.7 Å². The van der Waals surface area contributed by atoms with Gasteiger partial charge in [-0.1, -0.05) is 12.1 Å². The van der Waals surface area contributed by atoms with Crippen LogP contribution in [0.2, 0.25) is 0 Å². The van der Waals surface area contributed by atoms with Crippen molar-refractivity contribution in [3.8, 4) is 5.69 Å². The minimum absolute atomic E-state index is 0.184. The smallest absolute Gasteiger partial charge is 0.255 e. The van der Waals surface area contributed by atoms with E-state index in [-0.39, 0.29) is 6.54 Å². The van der Waals surface area contributed by atoms with E-state index in [1.54, 1.807) is 38.0 Å². The Morgan fingerprint density at radius 3 is 2.56 bits per heavy atom. The summed E-state index contributed by atoms with van der Waals surface area (Å²) in [5.41, 5.74) is 3.06. The molecule has 0 bridgehead atoms. The van der Waals surface area contributed by atoms with Gasteiger partial charge in [0.25, 0.3) is 11.8 Å². The summed E-state index contributed by atoms with van der Waals surface area (Å²) in [5, 5.41) is 30.5. The number of carbonyl (C=O) groups is 2. The summed E-state index contributed by atoms with van der Waals surface area (Å²) >= 11 is 0. The molecule has 0 fully saturated rings. The summed E-state index contributed by atoms with van der Waals surface area (Å²) in [4.78, 5) is 35.4. The number of amides is 2. The number of hydrogen-bond acceptors (Lipinski definition) is 8. The van der Waals surface area contributed by atoms with Crippen LogP contribution in [0.4, 0.5) is 5.95 Å². The average molecular weight is 466 g/mol. The topological polar surface area (TPSA) is 146 Å². The molecule has 34 heavy (non-hydrogen) atoms. The maximum absolute atomic E-state index is 12.9. The zero-order chi connectivity index (χ0) is 24.4. The Hall–Kier alpha value is -3.83.